The van der Waals surface area contributed by atoms with Crippen molar-refractivity contribution in [1.29, 1.82) is 0 Å². The summed E-state index contributed by atoms with van der Waals surface area (Å²) < 4.78 is 0. The number of benzene rings is 1. The van der Waals surface area contributed by atoms with Gasteiger partial charge in [0.15, 0.2) is 0 Å². The Balaban J connectivity index is 1.64. The first kappa shape index (κ1) is 18.1. The zero-order chi connectivity index (χ0) is 19.0. The van der Waals surface area contributed by atoms with Gasteiger partial charge in [-0.2, -0.15) is 0 Å². The third-order valence-corrected chi connectivity index (χ3v) is 6.04. The minimum atomic E-state index is 0.132. The van der Waals surface area contributed by atoms with Crippen LogP contribution in [0.4, 0.5) is 0 Å². The zero-order valence-electron chi connectivity index (χ0n) is 16.1. The van der Waals surface area contributed by atoms with Crippen LogP contribution in [-0.4, -0.2) is 48.2 Å². The number of likely N-dealkylation sites (tertiary alicyclic amines) is 1. The first-order valence-corrected chi connectivity index (χ1v) is 9.91. The number of nitrogens with two attached hydrogens (primary N) is 1. The van der Waals surface area contributed by atoms with Crippen LogP contribution in [0.5, 0.6) is 0 Å². The predicted octanol–water partition coefficient (Wildman–Crippen LogP) is 2.97. The van der Waals surface area contributed by atoms with Gasteiger partial charge >= 0.3 is 0 Å². The van der Waals surface area contributed by atoms with Crippen LogP contribution < -0.4 is 5.73 Å². The van der Waals surface area contributed by atoms with Gasteiger partial charge in [-0.25, -0.2) is 0 Å². The molecule has 2 aromatic rings. The lowest BCUT2D eigenvalue weighted by atomic mass is 9.78. The van der Waals surface area contributed by atoms with Crippen LogP contribution in [-0.2, 0) is 4.79 Å². The first-order valence-electron chi connectivity index (χ1n) is 9.91. The van der Waals surface area contributed by atoms with E-state index in [-0.39, 0.29) is 12.0 Å². The molecule has 4 rings (SSSR count). The molecule has 2 heterocycles. The molecule has 2 atom stereocenters. The highest BCUT2D eigenvalue weighted by Crippen LogP contribution is 2.36. The SMILES string of the molecule is C/N=C\c1ccc([C@@H]2C[C@@H](C)CN(C(=O)C3CC(N)C3)C2)c2cccnc12. The standard InChI is InChI=1S/C22H28N4O/c1-14-8-17(13-26(12-14)22(27)16-9-18(23)10-16)19-6-5-15(11-24-2)21-20(19)4-3-7-25-21/h3-7,11,14,16-18H,8-10,12-13,23H2,1-2H3/b24-11-/t14-,16?,17-,18?/m1/s1. The van der Waals surface area contributed by atoms with Crippen LogP contribution >= 0.6 is 0 Å². The Kier molecular flexibility index (Phi) is 4.96. The number of aliphatic imine (C=N–C) groups is 1. The van der Waals surface area contributed by atoms with Gasteiger partial charge in [0, 0.05) is 61.4 Å². The molecule has 142 valence electrons. The number of carbonyl (C=O) groups excluding carboxylic acids is 1. The second-order valence-electron chi connectivity index (χ2n) is 8.24. The van der Waals surface area contributed by atoms with Crippen molar-refractivity contribution in [2.75, 3.05) is 20.1 Å². The Labute approximate surface area is 160 Å². The second-order valence-corrected chi connectivity index (χ2v) is 8.24. The molecule has 1 aromatic carbocycles. The van der Waals surface area contributed by atoms with Crippen molar-refractivity contribution in [1.82, 2.24) is 9.88 Å². The minimum absolute atomic E-state index is 0.132. The molecule has 0 radical (unpaired) electrons. The summed E-state index contributed by atoms with van der Waals surface area (Å²) in [4.78, 5) is 23.7. The molecule has 1 aliphatic heterocycles. The van der Waals surface area contributed by atoms with E-state index in [2.05, 4.69) is 40.0 Å². The summed E-state index contributed by atoms with van der Waals surface area (Å²) in [5, 5.41) is 1.17. The number of pyridine rings is 1. The lowest BCUT2D eigenvalue weighted by Crippen LogP contribution is -2.50. The van der Waals surface area contributed by atoms with E-state index in [9.17, 15) is 4.79 Å². The molecule has 1 aliphatic carbocycles. The van der Waals surface area contributed by atoms with E-state index in [1.54, 1.807) is 7.05 Å². The largest absolute Gasteiger partial charge is 0.342 e. The van der Waals surface area contributed by atoms with Crippen molar-refractivity contribution in [3.8, 4) is 0 Å². The quantitative estimate of drug-likeness (QED) is 0.851. The lowest BCUT2D eigenvalue weighted by Gasteiger charge is -2.41. The third kappa shape index (κ3) is 3.48. The molecule has 2 aliphatic rings. The second kappa shape index (κ2) is 7.39. The molecule has 1 saturated heterocycles. The van der Waals surface area contributed by atoms with E-state index in [4.69, 9.17) is 5.73 Å². The number of piperidine rings is 1. The van der Waals surface area contributed by atoms with Gasteiger partial charge in [0.25, 0.3) is 0 Å². The molecule has 5 heteroatoms. The zero-order valence-corrected chi connectivity index (χ0v) is 16.1. The number of carbonyl (C=O) groups is 1. The van der Waals surface area contributed by atoms with Crippen LogP contribution in [0, 0.1) is 11.8 Å². The Bertz CT molecular complexity index is 872. The maximum Gasteiger partial charge on any atom is 0.225 e. The van der Waals surface area contributed by atoms with Crippen molar-refractivity contribution in [2.45, 2.75) is 38.1 Å². The van der Waals surface area contributed by atoms with Gasteiger partial charge < -0.3 is 10.6 Å². The van der Waals surface area contributed by atoms with Crippen LogP contribution in [0.15, 0.2) is 35.5 Å². The van der Waals surface area contributed by atoms with Crippen molar-refractivity contribution in [2.24, 2.45) is 22.6 Å². The maximum absolute atomic E-state index is 12.9. The number of amides is 1. The molecule has 2 fully saturated rings. The lowest BCUT2D eigenvalue weighted by molar-refractivity contribution is -0.140. The number of hydrogen-bond donors (Lipinski definition) is 1. The third-order valence-electron chi connectivity index (χ3n) is 6.04. The Morgan fingerprint density at radius 1 is 1.26 bits per heavy atom. The number of hydrogen-bond acceptors (Lipinski definition) is 4. The fourth-order valence-electron chi connectivity index (χ4n) is 4.69. The molecule has 0 unspecified atom stereocenters. The van der Waals surface area contributed by atoms with E-state index in [0.29, 0.717) is 17.7 Å². The van der Waals surface area contributed by atoms with Crippen molar-refractivity contribution < 1.29 is 4.79 Å². The van der Waals surface area contributed by atoms with Gasteiger partial charge in [-0.15, -0.1) is 0 Å². The summed E-state index contributed by atoms with van der Waals surface area (Å²) in [7, 11) is 1.78. The average molecular weight is 364 g/mol. The Morgan fingerprint density at radius 3 is 2.81 bits per heavy atom. The molecule has 0 spiro atoms. The molecule has 27 heavy (non-hydrogen) atoms. The van der Waals surface area contributed by atoms with E-state index < -0.39 is 0 Å². The minimum Gasteiger partial charge on any atom is -0.342 e. The number of fused-ring (bicyclic) bond motifs is 1. The fourth-order valence-corrected chi connectivity index (χ4v) is 4.69. The summed E-state index contributed by atoms with van der Waals surface area (Å²) >= 11 is 0. The van der Waals surface area contributed by atoms with E-state index >= 15 is 0 Å². The van der Waals surface area contributed by atoms with Gasteiger partial charge in [-0.1, -0.05) is 25.1 Å². The highest BCUT2D eigenvalue weighted by Gasteiger charge is 2.38. The summed E-state index contributed by atoms with van der Waals surface area (Å²) in [6.45, 7) is 3.90. The normalized spacial score (nSPS) is 28.5. The van der Waals surface area contributed by atoms with Crippen LogP contribution in [0.2, 0.25) is 0 Å². The smallest absolute Gasteiger partial charge is 0.225 e. The Hall–Kier alpha value is -2.27. The van der Waals surface area contributed by atoms with Crippen LogP contribution in [0.3, 0.4) is 0 Å². The van der Waals surface area contributed by atoms with Gasteiger partial charge in [-0.3, -0.25) is 14.8 Å². The Morgan fingerprint density at radius 2 is 2.07 bits per heavy atom. The topological polar surface area (TPSA) is 71.6 Å². The number of nitrogens with zero attached hydrogens (tertiary/aromatic N) is 3. The summed E-state index contributed by atoms with van der Waals surface area (Å²) in [5.74, 6) is 1.26. The average Bonchev–Trinajstić information content (AvgIpc) is 2.65. The summed E-state index contributed by atoms with van der Waals surface area (Å²) in [6.07, 6.45) is 6.47. The molecular formula is C22H28N4O. The summed E-state index contributed by atoms with van der Waals surface area (Å²) in [5.41, 5.74) is 9.21. The highest BCUT2D eigenvalue weighted by molar-refractivity contribution is 5.99. The first-order chi connectivity index (χ1) is 13.1. The van der Waals surface area contributed by atoms with E-state index in [0.717, 1.165) is 43.4 Å². The molecule has 5 nitrogen and oxygen atoms in total. The molecule has 1 saturated carbocycles. The van der Waals surface area contributed by atoms with Crippen molar-refractivity contribution >= 4 is 23.0 Å². The van der Waals surface area contributed by atoms with Gasteiger partial charge in [0.2, 0.25) is 5.91 Å². The fraction of sp³-hybridized carbons (Fsp3) is 0.500. The van der Waals surface area contributed by atoms with E-state index in [1.807, 2.05) is 18.5 Å². The molecule has 1 amide bonds. The van der Waals surface area contributed by atoms with Crippen LogP contribution in [0.1, 0.15) is 43.2 Å². The van der Waals surface area contributed by atoms with Gasteiger partial charge in [0.1, 0.15) is 0 Å². The number of aromatic nitrogens is 1. The highest BCUT2D eigenvalue weighted by atomic mass is 16.2. The number of rotatable bonds is 3. The maximum atomic E-state index is 12.9. The van der Waals surface area contributed by atoms with Crippen molar-refractivity contribution in [3.05, 3.63) is 41.6 Å². The molecular weight excluding hydrogens is 336 g/mol. The summed E-state index contributed by atoms with van der Waals surface area (Å²) in [6, 6.07) is 8.64. The van der Waals surface area contributed by atoms with Crippen molar-refractivity contribution in [3.63, 3.8) is 0 Å². The molecule has 0 bridgehead atoms. The molecule has 1 aromatic heterocycles. The van der Waals surface area contributed by atoms with Gasteiger partial charge in [-0.05, 0) is 36.8 Å². The predicted molar refractivity (Wildman–Crippen MR) is 109 cm³/mol. The monoisotopic (exact) mass is 364 g/mol. The van der Waals surface area contributed by atoms with Crippen LogP contribution in [0.25, 0.3) is 10.9 Å². The van der Waals surface area contributed by atoms with Gasteiger partial charge in [0.05, 0.1) is 5.52 Å². The molecule has 2 N–H and O–H groups in total. The van der Waals surface area contributed by atoms with E-state index in [1.165, 1.54) is 10.9 Å².